The van der Waals surface area contributed by atoms with Crippen LogP contribution in [0.15, 0.2) is 11.5 Å². The number of hydrogen-bond donors (Lipinski definition) is 3. The van der Waals surface area contributed by atoms with Crippen molar-refractivity contribution in [1.82, 2.24) is 0 Å². The van der Waals surface area contributed by atoms with Crippen molar-refractivity contribution >= 4 is 0 Å². The first-order valence-corrected chi connectivity index (χ1v) is 3.08. The smallest absolute Gasteiger partial charge is 0.153 e. The molecule has 0 aromatic heterocycles. The van der Waals surface area contributed by atoms with Gasteiger partial charge in [-0.2, -0.15) is 0 Å². The van der Waals surface area contributed by atoms with Gasteiger partial charge in [0.2, 0.25) is 0 Å². The van der Waals surface area contributed by atoms with Crippen molar-refractivity contribution in [2.75, 3.05) is 6.61 Å². The Labute approximate surface area is 58.9 Å². The molecule has 0 spiro atoms. The number of aliphatic hydroxyl groups excluding tert-OH is 2. The third kappa shape index (κ3) is 0.955. The van der Waals surface area contributed by atoms with E-state index in [1.165, 1.54) is 0 Å². The van der Waals surface area contributed by atoms with E-state index in [0.29, 0.717) is 11.5 Å². The first-order valence-electron chi connectivity index (χ1n) is 3.08. The van der Waals surface area contributed by atoms with Gasteiger partial charge < -0.3 is 20.7 Å². The second-order valence-electron chi connectivity index (χ2n) is 2.30. The highest BCUT2D eigenvalue weighted by molar-refractivity contribution is 5.15. The van der Waals surface area contributed by atoms with E-state index in [1.807, 2.05) is 0 Å². The molecule has 4 nitrogen and oxygen atoms in total. The van der Waals surface area contributed by atoms with Gasteiger partial charge >= 0.3 is 0 Å². The van der Waals surface area contributed by atoms with Gasteiger partial charge in [-0.15, -0.1) is 0 Å². The van der Waals surface area contributed by atoms with E-state index in [9.17, 15) is 0 Å². The zero-order chi connectivity index (χ0) is 7.72. The monoisotopic (exact) mass is 145 g/mol. The zero-order valence-corrected chi connectivity index (χ0v) is 5.74. The van der Waals surface area contributed by atoms with Crippen LogP contribution in [0.4, 0.5) is 0 Å². The maximum atomic E-state index is 9.16. The Bertz CT molecular complexity index is 166. The van der Waals surface area contributed by atoms with Gasteiger partial charge in [-0.1, -0.05) is 0 Å². The molecule has 1 unspecified atom stereocenters. The number of allylic oxidation sites excluding steroid dienone is 1. The highest BCUT2D eigenvalue weighted by atomic mass is 16.5. The predicted molar refractivity (Wildman–Crippen MR) is 34.9 cm³/mol. The minimum absolute atomic E-state index is 0.209. The van der Waals surface area contributed by atoms with Crippen LogP contribution in [0, 0.1) is 0 Å². The summed E-state index contributed by atoms with van der Waals surface area (Å²) in [5, 5.41) is 17.8. The maximum absolute atomic E-state index is 9.16. The zero-order valence-electron chi connectivity index (χ0n) is 5.74. The molecule has 1 rings (SSSR count). The van der Waals surface area contributed by atoms with Gasteiger partial charge in [0.1, 0.15) is 11.9 Å². The van der Waals surface area contributed by atoms with E-state index >= 15 is 0 Å². The lowest BCUT2D eigenvalue weighted by Crippen LogP contribution is -2.29. The summed E-state index contributed by atoms with van der Waals surface area (Å²) in [7, 11) is 0. The van der Waals surface area contributed by atoms with Crippen molar-refractivity contribution in [2.45, 2.75) is 19.1 Å². The largest absolute Gasteiger partial charge is 0.488 e. The van der Waals surface area contributed by atoms with E-state index in [-0.39, 0.29) is 6.61 Å². The lowest BCUT2D eigenvalue weighted by atomic mass is 10.2. The molecule has 0 aliphatic carbocycles. The van der Waals surface area contributed by atoms with E-state index in [1.54, 1.807) is 6.92 Å². The molecule has 0 fully saturated rings. The van der Waals surface area contributed by atoms with Crippen LogP contribution in [-0.2, 0) is 4.74 Å². The predicted octanol–water partition coefficient (Wildman–Crippen LogP) is -1.07. The fourth-order valence-electron chi connectivity index (χ4n) is 0.905. The lowest BCUT2D eigenvalue weighted by molar-refractivity contribution is 0.0106. The van der Waals surface area contributed by atoms with Crippen molar-refractivity contribution < 1.29 is 14.9 Å². The molecular weight excluding hydrogens is 134 g/mol. The summed E-state index contributed by atoms with van der Waals surface area (Å²) >= 11 is 0. The van der Waals surface area contributed by atoms with E-state index in [4.69, 9.17) is 20.7 Å². The Morgan fingerprint density at radius 3 is 2.50 bits per heavy atom. The molecule has 0 saturated heterocycles. The molecule has 10 heavy (non-hydrogen) atoms. The number of nitrogens with two attached hydrogens (primary N) is 1. The van der Waals surface area contributed by atoms with E-state index in [2.05, 4.69) is 0 Å². The maximum Gasteiger partial charge on any atom is 0.153 e. The SMILES string of the molecule is CC1=C(N)C(O)[C@@H](CO)O1. The molecule has 58 valence electrons. The second-order valence-corrected chi connectivity index (χ2v) is 2.30. The molecule has 4 N–H and O–H groups in total. The summed E-state index contributed by atoms with van der Waals surface area (Å²) in [6.07, 6.45) is -1.41. The molecule has 0 aromatic carbocycles. The molecule has 1 heterocycles. The van der Waals surface area contributed by atoms with Gasteiger partial charge in [0.25, 0.3) is 0 Å². The van der Waals surface area contributed by atoms with Crippen LogP contribution < -0.4 is 5.73 Å². The average molecular weight is 145 g/mol. The third-order valence-electron chi connectivity index (χ3n) is 1.59. The average Bonchev–Trinajstić information content (AvgIpc) is 2.17. The summed E-state index contributed by atoms with van der Waals surface area (Å²) in [5.41, 5.74) is 5.70. The highest BCUT2D eigenvalue weighted by Gasteiger charge is 2.30. The fourth-order valence-corrected chi connectivity index (χ4v) is 0.905. The molecular formula is C6H11NO3. The van der Waals surface area contributed by atoms with Crippen molar-refractivity contribution in [3.05, 3.63) is 11.5 Å². The normalized spacial score (nSPS) is 32.7. The Morgan fingerprint density at radius 2 is 2.30 bits per heavy atom. The van der Waals surface area contributed by atoms with E-state index in [0.717, 1.165) is 0 Å². The summed E-state index contributed by atoms with van der Waals surface area (Å²) < 4.78 is 4.99. The fraction of sp³-hybridized carbons (Fsp3) is 0.667. The topological polar surface area (TPSA) is 75.7 Å². The molecule has 0 amide bonds. The Morgan fingerprint density at radius 1 is 1.70 bits per heavy atom. The minimum Gasteiger partial charge on any atom is -0.488 e. The number of hydrogen-bond acceptors (Lipinski definition) is 4. The number of aliphatic hydroxyl groups is 2. The highest BCUT2D eigenvalue weighted by Crippen LogP contribution is 2.20. The summed E-state index contributed by atoms with van der Waals surface area (Å²) in [6.45, 7) is 1.45. The van der Waals surface area contributed by atoms with Gasteiger partial charge in [-0.3, -0.25) is 0 Å². The Balaban J connectivity index is 2.67. The second kappa shape index (κ2) is 2.48. The van der Waals surface area contributed by atoms with Gasteiger partial charge in [0.15, 0.2) is 6.10 Å². The molecule has 0 bridgehead atoms. The van der Waals surface area contributed by atoms with Crippen molar-refractivity contribution in [2.24, 2.45) is 5.73 Å². The Hall–Kier alpha value is -0.740. The molecule has 0 aromatic rings. The minimum atomic E-state index is -0.843. The molecule has 2 atom stereocenters. The van der Waals surface area contributed by atoms with Crippen LogP contribution in [0.5, 0.6) is 0 Å². The van der Waals surface area contributed by atoms with Gasteiger partial charge in [0, 0.05) is 0 Å². The molecule has 0 radical (unpaired) electrons. The molecule has 1 aliphatic heterocycles. The first kappa shape index (κ1) is 7.37. The van der Waals surface area contributed by atoms with Crippen molar-refractivity contribution in [3.8, 4) is 0 Å². The third-order valence-corrected chi connectivity index (χ3v) is 1.59. The quantitative estimate of drug-likeness (QED) is 0.439. The standard InChI is InChI=1S/C6H11NO3/c1-3-5(7)6(9)4(2-8)10-3/h4,6,8-9H,2,7H2,1H3/t4-,6?/m1/s1. The molecule has 0 saturated carbocycles. The van der Waals surface area contributed by atoms with E-state index < -0.39 is 12.2 Å². The molecule has 4 heteroatoms. The van der Waals surface area contributed by atoms with Crippen LogP contribution in [0.1, 0.15) is 6.92 Å². The van der Waals surface area contributed by atoms with Crippen LogP contribution in [0.2, 0.25) is 0 Å². The number of ether oxygens (including phenoxy) is 1. The van der Waals surface area contributed by atoms with Crippen LogP contribution in [0.25, 0.3) is 0 Å². The Kier molecular flexibility index (Phi) is 1.82. The molecule has 1 aliphatic rings. The summed E-state index contributed by atoms with van der Waals surface area (Å²) in [4.78, 5) is 0. The van der Waals surface area contributed by atoms with Crippen LogP contribution in [0.3, 0.4) is 0 Å². The van der Waals surface area contributed by atoms with Gasteiger partial charge in [0.05, 0.1) is 12.3 Å². The lowest BCUT2D eigenvalue weighted by Gasteiger charge is -2.11. The summed E-state index contributed by atoms with van der Waals surface area (Å²) in [6, 6.07) is 0. The first-order chi connectivity index (χ1) is 4.66. The van der Waals surface area contributed by atoms with Gasteiger partial charge in [-0.25, -0.2) is 0 Å². The van der Waals surface area contributed by atoms with Crippen molar-refractivity contribution in [3.63, 3.8) is 0 Å². The van der Waals surface area contributed by atoms with Gasteiger partial charge in [-0.05, 0) is 6.92 Å². The van der Waals surface area contributed by atoms with Crippen LogP contribution in [-0.4, -0.2) is 29.0 Å². The van der Waals surface area contributed by atoms with Crippen LogP contribution >= 0.6 is 0 Å². The van der Waals surface area contributed by atoms with Crippen molar-refractivity contribution in [1.29, 1.82) is 0 Å². The number of rotatable bonds is 1. The summed E-state index contributed by atoms with van der Waals surface area (Å²) in [5.74, 6) is 0.506.